The molecule has 2 aromatic rings. The summed E-state index contributed by atoms with van der Waals surface area (Å²) in [5.74, 6) is 0.611. The van der Waals surface area contributed by atoms with Crippen molar-refractivity contribution in [3.8, 4) is 5.75 Å². The van der Waals surface area contributed by atoms with Crippen molar-refractivity contribution in [2.45, 2.75) is 13.8 Å². The van der Waals surface area contributed by atoms with Crippen LogP contribution in [-0.4, -0.2) is 36.0 Å². The van der Waals surface area contributed by atoms with Gasteiger partial charge in [0.05, 0.1) is 24.7 Å². The number of anilines is 2. The van der Waals surface area contributed by atoms with Crippen LogP contribution in [0, 0.1) is 0 Å². The zero-order valence-electron chi connectivity index (χ0n) is 13.5. The van der Waals surface area contributed by atoms with Gasteiger partial charge in [0.2, 0.25) is 0 Å². The number of nitrogens with zero attached hydrogens (tertiary/aromatic N) is 2. The van der Waals surface area contributed by atoms with Gasteiger partial charge in [0.1, 0.15) is 11.4 Å². The Balaban J connectivity index is 2.17. The Morgan fingerprint density at radius 3 is 2.57 bits per heavy atom. The highest BCUT2D eigenvalue weighted by atomic mass is 35.5. The van der Waals surface area contributed by atoms with Crippen molar-refractivity contribution in [3.05, 3.63) is 47.2 Å². The molecule has 0 aliphatic heterocycles. The van der Waals surface area contributed by atoms with E-state index in [1.807, 2.05) is 19.9 Å². The number of methoxy groups -OCH3 is 1. The molecule has 1 aromatic heterocycles. The Bertz CT molecular complexity index is 670. The highest BCUT2D eigenvalue weighted by Crippen LogP contribution is 2.30. The van der Waals surface area contributed by atoms with E-state index in [9.17, 15) is 4.79 Å². The van der Waals surface area contributed by atoms with Crippen molar-refractivity contribution in [1.29, 1.82) is 0 Å². The third kappa shape index (κ3) is 4.13. The summed E-state index contributed by atoms with van der Waals surface area (Å²) in [5.41, 5.74) is 1.92. The monoisotopic (exact) mass is 333 g/mol. The molecular formula is C17H20ClN3O2. The van der Waals surface area contributed by atoms with Crippen molar-refractivity contribution in [2.24, 2.45) is 0 Å². The zero-order valence-corrected chi connectivity index (χ0v) is 14.2. The fourth-order valence-corrected chi connectivity index (χ4v) is 2.37. The van der Waals surface area contributed by atoms with Crippen LogP contribution in [0.15, 0.2) is 36.5 Å². The number of benzene rings is 1. The molecule has 5 nitrogen and oxygen atoms in total. The smallest absolute Gasteiger partial charge is 0.272 e. The molecule has 1 heterocycles. The van der Waals surface area contributed by atoms with Crippen LogP contribution in [0.25, 0.3) is 0 Å². The normalized spacial score (nSPS) is 10.3. The third-order valence-corrected chi connectivity index (χ3v) is 3.71. The SMILES string of the molecule is CCN(CC)C(=O)c1ccc(Nc2cc(Cl)ccc2OC)cn1. The quantitative estimate of drug-likeness (QED) is 0.869. The first-order valence-electron chi connectivity index (χ1n) is 7.44. The predicted octanol–water partition coefficient (Wildman–Crippen LogP) is 3.97. The molecule has 1 amide bonds. The molecule has 0 fully saturated rings. The molecule has 122 valence electrons. The molecule has 0 aliphatic rings. The van der Waals surface area contributed by atoms with Crippen molar-refractivity contribution in [1.82, 2.24) is 9.88 Å². The lowest BCUT2D eigenvalue weighted by atomic mass is 10.2. The first kappa shape index (κ1) is 17.1. The second-order valence-electron chi connectivity index (χ2n) is 4.88. The molecule has 0 atom stereocenters. The van der Waals surface area contributed by atoms with Gasteiger partial charge in [-0.2, -0.15) is 0 Å². The number of hydrogen-bond donors (Lipinski definition) is 1. The summed E-state index contributed by atoms with van der Waals surface area (Å²) in [4.78, 5) is 18.2. The number of halogens is 1. The van der Waals surface area contributed by atoms with Gasteiger partial charge in [0.15, 0.2) is 0 Å². The van der Waals surface area contributed by atoms with E-state index in [1.165, 1.54) is 0 Å². The Kier molecular flexibility index (Phi) is 5.82. The first-order chi connectivity index (χ1) is 11.1. The fraction of sp³-hybridized carbons (Fsp3) is 0.294. The maximum Gasteiger partial charge on any atom is 0.272 e. The number of ether oxygens (including phenoxy) is 1. The maximum atomic E-state index is 12.2. The maximum absolute atomic E-state index is 12.2. The summed E-state index contributed by atoms with van der Waals surface area (Å²) >= 11 is 6.01. The van der Waals surface area contributed by atoms with E-state index < -0.39 is 0 Å². The molecule has 0 bridgehead atoms. The topological polar surface area (TPSA) is 54.5 Å². The van der Waals surface area contributed by atoms with Gasteiger partial charge in [-0.3, -0.25) is 4.79 Å². The number of rotatable bonds is 6. The van der Waals surface area contributed by atoms with E-state index in [4.69, 9.17) is 16.3 Å². The molecule has 23 heavy (non-hydrogen) atoms. The van der Waals surface area contributed by atoms with Crippen LogP contribution in [0.2, 0.25) is 5.02 Å². The van der Waals surface area contributed by atoms with Gasteiger partial charge in [-0.05, 0) is 44.2 Å². The minimum Gasteiger partial charge on any atom is -0.495 e. The molecule has 0 saturated carbocycles. The summed E-state index contributed by atoms with van der Waals surface area (Å²) in [6.07, 6.45) is 1.62. The molecule has 0 aliphatic carbocycles. The summed E-state index contributed by atoms with van der Waals surface area (Å²) in [7, 11) is 1.60. The third-order valence-electron chi connectivity index (χ3n) is 3.47. The Morgan fingerprint density at radius 1 is 1.26 bits per heavy atom. The standard InChI is InChI=1S/C17H20ClN3O2/c1-4-21(5-2)17(22)14-8-7-13(11-19-14)20-15-10-12(18)6-9-16(15)23-3/h6-11,20H,4-5H2,1-3H3. The molecule has 2 rings (SSSR count). The number of amides is 1. The van der Waals surface area contributed by atoms with Crippen molar-refractivity contribution < 1.29 is 9.53 Å². The van der Waals surface area contributed by atoms with Crippen LogP contribution in [0.4, 0.5) is 11.4 Å². The van der Waals surface area contributed by atoms with E-state index in [2.05, 4.69) is 10.3 Å². The van der Waals surface area contributed by atoms with Gasteiger partial charge in [0, 0.05) is 18.1 Å². The Morgan fingerprint density at radius 2 is 2.00 bits per heavy atom. The van der Waals surface area contributed by atoms with Crippen LogP contribution in [-0.2, 0) is 0 Å². The Hall–Kier alpha value is -2.27. The van der Waals surface area contributed by atoms with Gasteiger partial charge in [0.25, 0.3) is 5.91 Å². The average Bonchev–Trinajstić information content (AvgIpc) is 2.57. The van der Waals surface area contributed by atoms with E-state index >= 15 is 0 Å². The van der Waals surface area contributed by atoms with Crippen LogP contribution < -0.4 is 10.1 Å². The number of hydrogen-bond acceptors (Lipinski definition) is 4. The molecule has 1 aromatic carbocycles. The van der Waals surface area contributed by atoms with Crippen LogP contribution in [0.3, 0.4) is 0 Å². The average molecular weight is 334 g/mol. The molecule has 6 heteroatoms. The number of carbonyl (C=O) groups is 1. The molecule has 0 radical (unpaired) electrons. The minimum atomic E-state index is -0.0677. The second-order valence-corrected chi connectivity index (χ2v) is 5.32. The number of carbonyl (C=O) groups excluding carboxylic acids is 1. The van der Waals surface area contributed by atoms with Crippen molar-refractivity contribution in [2.75, 3.05) is 25.5 Å². The number of aromatic nitrogens is 1. The summed E-state index contributed by atoms with van der Waals surface area (Å²) < 4.78 is 5.29. The van der Waals surface area contributed by atoms with Crippen LogP contribution in [0.1, 0.15) is 24.3 Å². The first-order valence-corrected chi connectivity index (χ1v) is 7.82. The van der Waals surface area contributed by atoms with E-state index in [-0.39, 0.29) is 5.91 Å². The van der Waals surface area contributed by atoms with Gasteiger partial charge in [-0.25, -0.2) is 4.98 Å². The molecule has 0 saturated heterocycles. The zero-order chi connectivity index (χ0) is 16.8. The van der Waals surface area contributed by atoms with Crippen LogP contribution in [0.5, 0.6) is 5.75 Å². The fourth-order valence-electron chi connectivity index (χ4n) is 2.20. The van der Waals surface area contributed by atoms with E-state index in [1.54, 1.807) is 42.5 Å². The summed E-state index contributed by atoms with van der Waals surface area (Å²) in [5, 5.41) is 3.80. The lowest BCUT2D eigenvalue weighted by Crippen LogP contribution is -2.31. The van der Waals surface area contributed by atoms with Crippen LogP contribution >= 0.6 is 11.6 Å². The van der Waals surface area contributed by atoms with Crippen molar-refractivity contribution >= 4 is 28.9 Å². The molecule has 0 spiro atoms. The number of nitrogens with one attached hydrogen (secondary N) is 1. The second kappa shape index (κ2) is 7.83. The summed E-state index contributed by atoms with van der Waals surface area (Å²) in [6.45, 7) is 5.22. The summed E-state index contributed by atoms with van der Waals surface area (Å²) in [6, 6.07) is 8.84. The highest BCUT2D eigenvalue weighted by Gasteiger charge is 2.13. The van der Waals surface area contributed by atoms with Gasteiger partial charge in [-0.15, -0.1) is 0 Å². The lowest BCUT2D eigenvalue weighted by Gasteiger charge is -2.18. The minimum absolute atomic E-state index is 0.0677. The van der Waals surface area contributed by atoms with Gasteiger partial charge < -0.3 is 15.0 Å². The lowest BCUT2D eigenvalue weighted by molar-refractivity contribution is 0.0767. The predicted molar refractivity (Wildman–Crippen MR) is 92.8 cm³/mol. The van der Waals surface area contributed by atoms with Crippen molar-refractivity contribution in [3.63, 3.8) is 0 Å². The van der Waals surface area contributed by atoms with E-state index in [0.717, 1.165) is 11.4 Å². The molecular weight excluding hydrogens is 314 g/mol. The molecule has 0 unspecified atom stereocenters. The number of pyridine rings is 1. The Labute approximate surface area is 141 Å². The van der Waals surface area contributed by atoms with E-state index in [0.29, 0.717) is 29.6 Å². The largest absolute Gasteiger partial charge is 0.495 e. The highest BCUT2D eigenvalue weighted by molar-refractivity contribution is 6.31. The molecule has 1 N–H and O–H groups in total. The van der Waals surface area contributed by atoms with Gasteiger partial charge in [-0.1, -0.05) is 11.6 Å². The van der Waals surface area contributed by atoms with Gasteiger partial charge >= 0.3 is 0 Å².